The highest BCUT2D eigenvalue weighted by Crippen LogP contribution is 2.13. The molecule has 2 rings (SSSR count). The van der Waals surface area contributed by atoms with Crippen LogP contribution in [-0.2, 0) is 6.42 Å². The zero-order chi connectivity index (χ0) is 15.7. The fourth-order valence-corrected chi connectivity index (χ4v) is 3.64. The Labute approximate surface area is 145 Å². The maximum atomic E-state index is 2.29. The molecule has 0 aromatic carbocycles. The molecule has 0 spiro atoms. The Balaban J connectivity index is 0.000000406. The highest BCUT2D eigenvalue weighted by Gasteiger charge is 1.94. The summed E-state index contributed by atoms with van der Waals surface area (Å²) in [5, 5.41) is 8.55. The third-order valence-electron chi connectivity index (χ3n) is 3.82. The van der Waals surface area contributed by atoms with Gasteiger partial charge in [0.15, 0.2) is 0 Å². The quantitative estimate of drug-likeness (QED) is 0.365. The van der Waals surface area contributed by atoms with E-state index in [2.05, 4.69) is 23.8 Å². The highest BCUT2D eigenvalue weighted by molar-refractivity contribution is 7.08. The SMILES string of the molecule is CCCCCCCCCCCCc1ccsc1.c1ccsc1. The first-order valence-corrected chi connectivity index (χ1v) is 10.8. The van der Waals surface area contributed by atoms with Gasteiger partial charge in [-0.1, -0.05) is 76.8 Å². The van der Waals surface area contributed by atoms with Gasteiger partial charge >= 0.3 is 0 Å². The van der Waals surface area contributed by atoms with Crippen LogP contribution in [0.5, 0.6) is 0 Å². The van der Waals surface area contributed by atoms with Gasteiger partial charge in [0.05, 0.1) is 0 Å². The molecule has 0 amide bonds. The maximum absolute atomic E-state index is 2.29. The van der Waals surface area contributed by atoms with Gasteiger partial charge in [0, 0.05) is 0 Å². The van der Waals surface area contributed by atoms with Crippen LogP contribution in [0.3, 0.4) is 0 Å². The van der Waals surface area contributed by atoms with Gasteiger partial charge < -0.3 is 0 Å². The van der Waals surface area contributed by atoms with Crippen molar-refractivity contribution >= 4 is 22.7 Å². The van der Waals surface area contributed by atoms with Crippen LogP contribution in [0, 0.1) is 0 Å². The molecule has 2 aromatic rings. The summed E-state index contributed by atoms with van der Waals surface area (Å²) >= 11 is 3.53. The Bertz CT molecular complexity index is 372. The fourth-order valence-electron chi connectivity index (χ4n) is 2.48. The average molecular weight is 337 g/mol. The second-order valence-corrected chi connectivity index (χ2v) is 7.45. The molecular weight excluding hydrogens is 304 g/mol. The van der Waals surface area contributed by atoms with Crippen LogP contribution in [0.25, 0.3) is 0 Å². The van der Waals surface area contributed by atoms with E-state index in [1.165, 1.54) is 76.2 Å². The van der Waals surface area contributed by atoms with Gasteiger partial charge in [0.25, 0.3) is 0 Å². The van der Waals surface area contributed by atoms with Gasteiger partial charge in [-0.25, -0.2) is 0 Å². The lowest BCUT2D eigenvalue weighted by molar-refractivity contribution is 0.556. The largest absolute Gasteiger partial charge is 0.152 e. The average Bonchev–Trinajstić information content (AvgIpc) is 3.25. The molecule has 2 heteroatoms. The van der Waals surface area contributed by atoms with Gasteiger partial charge in [-0.3, -0.25) is 0 Å². The third kappa shape index (κ3) is 12.0. The van der Waals surface area contributed by atoms with Crippen LogP contribution in [-0.4, -0.2) is 0 Å². The minimum atomic E-state index is 1.29. The lowest BCUT2D eigenvalue weighted by atomic mass is 10.0. The van der Waals surface area contributed by atoms with Gasteiger partial charge in [0.1, 0.15) is 0 Å². The molecule has 2 aromatic heterocycles. The molecule has 0 unspecified atom stereocenters. The normalized spacial score (nSPS) is 10.2. The molecule has 22 heavy (non-hydrogen) atoms. The van der Waals surface area contributed by atoms with E-state index in [-0.39, 0.29) is 0 Å². The van der Waals surface area contributed by atoms with Gasteiger partial charge in [-0.05, 0) is 46.0 Å². The van der Waals surface area contributed by atoms with Gasteiger partial charge in [0.2, 0.25) is 0 Å². The summed E-state index contributed by atoms with van der Waals surface area (Å²) in [4.78, 5) is 0. The first-order valence-electron chi connectivity index (χ1n) is 8.91. The predicted molar refractivity (Wildman–Crippen MR) is 104 cm³/mol. The number of aryl methyl sites for hydroxylation is 1. The molecule has 0 bridgehead atoms. The van der Waals surface area contributed by atoms with Gasteiger partial charge in [-0.15, -0.1) is 0 Å². The van der Waals surface area contributed by atoms with Crippen molar-refractivity contribution in [2.75, 3.05) is 0 Å². The molecule has 0 aliphatic rings. The van der Waals surface area contributed by atoms with E-state index >= 15 is 0 Å². The van der Waals surface area contributed by atoms with Crippen molar-refractivity contribution < 1.29 is 0 Å². The number of thiophene rings is 2. The van der Waals surface area contributed by atoms with Crippen LogP contribution in [0.1, 0.15) is 76.7 Å². The molecule has 124 valence electrons. The first-order chi connectivity index (χ1) is 10.9. The molecule has 0 saturated carbocycles. The summed E-state index contributed by atoms with van der Waals surface area (Å²) in [6.45, 7) is 2.29. The molecule has 0 aliphatic heterocycles. The predicted octanol–water partition coefficient (Wildman–Crippen LogP) is 7.96. The van der Waals surface area contributed by atoms with Crippen molar-refractivity contribution in [2.45, 2.75) is 77.6 Å². The summed E-state index contributed by atoms with van der Waals surface area (Å²) in [6, 6.07) is 6.30. The fraction of sp³-hybridized carbons (Fsp3) is 0.600. The van der Waals surface area contributed by atoms with E-state index < -0.39 is 0 Å². The van der Waals surface area contributed by atoms with Crippen molar-refractivity contribution in [3.8, 4) is 0 Å². The zero-order valence-electron chi connectivity index (χ0n) is 14.1. The van der Waals surface area contributed by atoms with E-state index in [0.717, 1.165) is 0 Å². The smallest absolute Gasteiger partial charge is 0.00613 e. The second-order valence-electron chi connectivity index (χ2n) is 5.86. The van der Waals surface area contributed by atoms with Gasteiger partial charge in [-0.2, -0.15) is 22.7 Å². The number of rotatable bonds is 11. The molecule has 0 fully saturated rings. The standard InChI is InChI=1S/C16H28S.C4H4S/c1-2-3-4-5-6-7-8-9-10-11-12-16-13-14-17-15-16;1-2-4-5-3-1/h13-15H,2-12H2,1H3;1-4H. The van der Waals surface area contributed by atoms with Crippen molar-refractivity contribution in [1.29, 1.82) is 0 Å². The lowest BCUT2D eigenvalue weighted by Crippen LogP contribution is -1.84. The van der Waals surface area contributed by atoms with Crippen LogP contribution in [0.4, 0.5) is 0 Å². The van der Waals surface area contributed by atoms with E-state index in [1.54, 1.807) is 11.3 Å². The molecule has 0 atom stereocenters. The van der Waals surface area contributed by atoms with Crippen molar-refractivity contribution in [3.05, 3.63) is 45.3 Å². The number of hydrogen-bond donors (Lipinski definition) is 0. The minimum Gasteiger partial charge on any atom is -0.152 e. The molecule has 2 heterocycles. The Kier molecular flexibility index (Phi) is 13.5. The Hall–Kier alpha value is -0.600. The van der Waals surface area contributed by atoms with E-state index in [4.69, 9.17) is 0 Å². The van der Waals surface area contributed by atoms with Crippen LogP contribution < -0.4 is 0 Å². The third-order valence-corrected chi connectivity index (χ3v) is 5.19. The first kappa shape index (κ1) is 19.4. The van der Waals surface area contributed by atoms with E-state index in [0.29, 0.717) is 0 Å². The molecular formula is C20H32S2. The Morgan fingerprint density at radius 2 is 1.27 bits per heavy atom. The van der Waals surface area contributed by atoms with Crippen LogP contribution in [0.15, 0.2) is 39.7 Å². The zero-order valence-corrected chi connectivity index (χ0v) is 15.8. The molecule has 0 nitrogen and oxygen atoms in total. The van der Waals surface area contributed by atoms with Crippen molar-refractivity contribution in [1.82, 2.24) is 0 Å². The monoisotopic (exact) mass is 336 g/mol. The van der Waals surface area contributed by atoms with Crippen molar-refractivity contribution in [3.63, 3.8) is 0 Å². The molecule has 0 saturated heterocycles. The summed E-state index contributed by atoms with van der Waals surface area (Å²) in [7, 11) is 0. The topological polar surface area (TPSA) is 0 Å². The lowest BCUT2D eigenvalue weighted by Gasteiger charge is -2.01. The summed E-state index contributed by atoms with van der Waals surface area (Å²) < 4.78 is 0. The highest BCUT2D eigenvalue weighted by atomic mass is 32.1. The van der Waals surface area contributed by atoms with Crippen molar-refractivity contribution in [2.24, 2.45) is 0 Å². The number of unbranched alkanes of at least 4 members (excludes halogenated alkanes) is 9. The molecule has 0 aliphatic carbocycles. The van der Waals surface area contributed by atoms with E-state index in [9.17, 15) is 0 Å². The Morgan fingerprint density at radius 1 is 0.682 bits per heavy atom. The van der Waals surface area contributed by atoms with Crippen LogP contribution in [0.2, 0.25) is 0 Å². The molecule has 0 N–H and O–H groups in total. The minimum absolute atomic E-state index is 1.29. The summed E-state index contributed by atoms with van der Waals surface area (Å²) in [5.41, 5.74) is 1.54. The van der Waals surface area contributed by atoms with E-state index in [1.807, 2.05) is 34.2 Å². The van der Waals surface area contributed by atoms with Crippen LogP contribution >= 0.6 is 22.7 Å². The maximum Gasteiger partial charge on any atom is -0.00613 e. The Morgan fingerprint density at radius 3 is 1.73 bits per heavy atom. The number of hydrogen-bond acceptors (Lipinski definition) is 2. The summed E-state index contributed by atoms with van der Waals surface area (Å²) in [5.74, 6) is 0. The second kappa shape index (κ2) is 15.3. The summed E-state index contributed by atoms with van der Waals surface area (Å²) in [6.07, 6.45) is 15.6. The molecule has 0 radical (unpaired) electrons.